The van der Waals surface area contributed by atoms with Gasteiger partial charge < -0.3 is 19.9 Å². The molecular formula is C17H31N3O3. The molecule has 2 fully saturated rings. The van der Waals surface area contributed by atoms with Crippen molar-refractivity contribution >= 4 is 11.9 Å². The molecule has 2 heterocycles. The van der Waals surface area contributed by atoms with Crippen LogP contribution in [-0.2, 0) is 9.53 Å². The third-order valence-electron chi connectivity index (χ3n) is 4.74. The first kappa shape index (κ1) is 18.0. The summed E-state index contributed by atoms with van der Waals surface area (Å²) in [6, 6.07) is 0.0110. The van der Waals surface area contributed by atoms with Crippen LogP contribution in [0.1, 0.15) is 46.5 Å². The lowest BCUT2D eigenvalue weighted by molar-refractivity contribution is -0.139. The molecule has 2 aliphatic rings. The summed E-state index contributed by atoms with van der Waals surface area (Å²) < 4.78 is 5.11. The number of nitrogens with zero attached hydrogens (tertiary/aromatic N) is 2. The number of nitrogens with one attached hydrogen (secondary N) is 1. The lowest BCUT2D eigenvalue weighted by atomic mass is 9.73. The van der Waals surface area contributed by atoms with E-state index in [4.69, 9.17) is 4.74 Å². The molecular weight excluding hydrogens is 294 g/mol. The Kier molecular flexibility index (Phi) is 5.55. The van der Waals surface area contributed by atoms with E-state index in [1.165, 1.54) is 0 Å². The Labute approximate surface area is 139 Å². The first-order valence-corrected chi connectivity index (χ1v) is 8.59. The standard InChI is InChI=1S/C17H31N3O3/c1-16(2,3)18-15(22)20-9-5-7-17(13-20)8-6-14(21)19(12-17)10-11-23-4/h5-13H2,1-4H3,(H,18,22)/t17-/m1/s1. The van der Waals surface area contributed by atoms with Crippen molar-refractivity contribution in [2.75, 3.05) is 39.9 Å². The molecule has 1 N–H and O–H groups in total. The van der Waals surface area contributed by atoms with E-state index in [1.54, 1.807) is 7.11 Å². The van der Waals surface area contributed by atoms with E-state index in [-0.39, 0.29) is 22.9 Å². The van der Waals surface area contributed by atoms with Crippen molar-refractivity contribution in [1.29, 1.82) is 0 Å². The Hall–Kier alpha value is -1.30. The van der Waals surface area contributed by atoms with E-state index >= 15 is 0 Å². The van der Waals surface area contributed by atoms with Gasteiger partial charge in [0.15, 0.2) is 0 Å². The van der Waals surface area contributed by atoms with E-state index < -0.39 is 0 Å². The monoisotopic (exact) mass is 325 g/mol. The highest BCUT2D eigenvalue weighted by atomic mass is 16.5. The number of urea groups is 1. The van der Waals surface area contributed by atoms with E-state index in [9.17, 15) is 9.59 Å². The quantitative estimate of drug-likeness (QED) is 0.861. The van der Waals surface area contributed by atoms with Crippen LogP contribution in [0, 0.1) is 5.41 Å². The van der Waals surface area contributed by atoms with Crippen molar-refractivity contribution < 1.29 is 14.3 Å². The summed E-state index contributed by atoms with van der Waals surface area (Å²) >= 11 is 0. The molecule has 1 atom stereocenters. The molecule has 6 heteroatoms. The fraction of sp³-hybridized carbons (Fsp3) is 0.882. The molecule has 0 radical (unpaired) electrons. The molecule has 23 heavy (non-hydrogen) atoms. The normalized spacial score (nSPS) is 25.8. The minimum atomic E-state index is -0.227. The van der Waals surface area contributed by atoms with Gasteiger partial charge in [0.1, 0.15) is 0 Å². The predicted octanol–water partition coefficient (Wildman–Crippen LogP) is 1.85. The van der Waals surface area contributed by atoms with Crippen molar-refractivity contribution in [1.82, 2.24) is 15.1 Å². The summed E-state index contributed by atoms with van der Waals surface area (Å²) in [4.78, 5) is 28.4. The molecule has 0 saturated carbocycles. The maximum Gasteiger partial charge on any atom is 0.317 e. The molecule has 0 aliphatic carbocycles. The molecule has 0 aromatic rings. The highest BCUT2D eigenvalue weighted by molar-refractivity contribution is 5.77. The predicted molar refractivity (Wildman–Crippen MR) is 89.2 cm³/mol. The zero-order valence-electron chi connectivity index (χ0n) is 15.0. The zero-order chi connectivity index (χ0) is 17.1. The van der Waals surface area contributed by atoms with E-state index in [0.717, 1.165) is 38.9 Å². The number of carbonyl (C=O) groups excluding carboxylic acids is 2. The average molecular weight is 325 g/mol. The molecule has 2 rings (SSSR count). The van der Waals surface area contributed by atoms with E-state index in [2.05, 4.69) is 5.32 Å². The van der Waals surface area contributed by atoms with Crippen molar-refractivity contribution in [3.8, 4) is 0 Å². The van der Waals surface area contributed by atoms with Gasteiger partial charge in [-0.15, -0.1) is 0 Å². The largest absolute Gasteiger partial charge is 0.383 e. The number of rotatable bonds is 3. The van der Waals surface area contributed by atoms with Gasteiger partial charge in [0, 0.05) is 50.7 Å². The number of piperidine rings is 2. The second-order valence-electron chi connectivity index (χ2n) is 8.01. The molecule has 2 aliphatic heterocycles. The van der Waals surface area contributed by atoms with Gasteiger partial charge in [-0.05, 0) is 40.0 Å². The Bertz CT molecular complexity index is 447. The van der Waals surface area contributed by atoms with Gasteiger partial charge in [0.25, 0.3) is 0 Å². The lowest BCUT2D eigenvalue weighted by Gasteiger charge is -2.48. The minimum absolute atomic E-state index is 0.0110. The summed E-state index contributed by atoms with van der Waals surface area (Å²) in [5.74, 6) is 0.212. The number of likely N-dealkylation sites (tertiary alicyclic amines) is 2. The maximum atomic E-state index is 12.5. The average Bonchev–Trinajstić information content (AvgIpc) is 2.47. The topological polar surface area (TPSA) is 61.9 Å². The molecule has 0 unspecified atom stereocenters. The summed E-state index contributed by atoms with van der Waals surface area (Å²) in [7, 11) is 1.66. The minimum Gasteiger partial charge on any atom is -0.383 e. The number of hydrogen-bond donors (Lipinski definition) is 1. The third-order valence-corrected chi connectivity index (χ3v) is 4.74. The Balaban J connectivity index is 2.01. The smallest absolute Gasteiger partial charge is 0.317 e. The van der Waals surface area contributed by atoms with Gasteiger partial charge in [-0.1, -0.05) is 0 Å². The third kappa shape index (κ3) is 4.83. The molecule has 1 spiro atoms. The molecule has 2 saturated heterocycles. The number of ether oxygens (including phenoxy) is 1. The van der Waals surface area contributed by atoms with Crippen LogP contribution in [0.5, 0.6) is 0 Å². The second-order valence-corrected chi connectivity index (χ2v) is 8.01. The van der Waals surface area contributed by atoms with Crippen LogP contribution in [0.2, 0.25) is 0 Å². The number of amides is 3. The van der Waals surface area contributed by atoms with Gasteiger partial charge >= 0.3 is 6.03 Å². The molecule has 132 valence electrons. The van der Waals surface area contributed by atoms with Crippen LogP contribution < -0.4 is 5.32 Å². The summed E-state index contributed by atoms with van der Waals surface area (Å²) in [5, 5.41) is 3.05. The van der Waals surface area contributed by atoms with Crippen LogP contribution in [-0.4, -0.2) is 67.2 Å². The Morgan fingerprint density at radius 2 is 2.04 bits per heavy atom. The van der Waals surface area contributed by atoms with Crippen molar-refractivity contribution in [2.45, 2.75) is 52.0 Å². The van der Waals surface area contributed by atoms with E-state index in [1.807, 2.05) is 30.6 Å². The fourth-order valence-electron chi connectivity index (χ4n) is 3.62. The summed E-state index contributed by atoms with van der Waals surface area (Å²) in [5.41, 5.74) is -0.177. The Morgan fingerprint density at radius 1 is 1.30 bits per heavy atom. The highest BCUT2D eigenvalue weighted by Crippen LogP contribution is 2.38. The summed E-state index contributed by atoms with van der Waals surface area (Å²) in [6.45, 7) is 9.49. The number of methoxy groups -OCH3 is 1. The van der Waals surface area contributed by atoms with Crippen LogP contribution in [0.4, 0.5) is 4.79 Å². The van der Waals surface area contributed by atoms with E-state index in [0.29, 0.717) is 19.6 Å². The number of carbonyl (C=O) groups is 2. The van der Waals surface area contributed by atoms with Crippen LogP contribution >= 0.6 is 0 Å². The van der Waals surface area contributed by atoms with Gasteiger partial charge in [-0.3, -0.25) is 4.79 Å². The van der Waals surface area contributed by atoms with Gasteiger partial charge in [0.2, 0.25) is 5.91 Å². The maximum absolute atomic E-state index is 12.5. The molecule has 0 aromatic carbocycles. The fourth-order valence-corrected chi connectivity index (χ4v) is 3.62. The number of hydrogen-bond acceptors (Lipinski definition) is 3. The summed E-state index contributed by atoms with van der Waals surface area (Å²) in [6.07, 6.45) is 3.56. The van der Waals surface area contributed by atoms with Gasteiger partial charge in [0.05, 0.1) is 6.61 Å². The molecule has 0 aromatic heterocycles. The van der Waals surface area contributed by atoms with Crippen molar-refractivity contribution in [3.05, 3.63) is 0 Å². The molecule has 0 bridgehead atoms. The second kappa shape index (κ2) is 7.07. The SMILES string of the molecule is COCCN1C[C@@]2(CCCN(C(=O)NC(C)(C)C)C2)CCC1=O. The Morgan fingerprint density at radius 3 is 2.70 bits per heavy atom. The lowest BCUT2D eigenvalue weighted by Crippen LogP contribution is -2.58. The first-order valence-electron chi connectivity index (χ1n) is 8.59. The zero-order valence-corrected chi connectivity index (χ0v) is 15.0. The van der Waals surface area contributed by atoms with Gasteiger partial charge in [-0.2, -0.15) is 0 Å². The highest BCUT2D eigenvalue weighted by Gasteiger charge is 2.42. The van der Waals surface area contributed by atoms with Crippen molar-refractivity contribution in [3.63, 3.8) is 0 Å². The van der Waals surface area contributed by atoms with Gasteiger partial charge in [-0.25, -0.2) is 4.79 Å². The molecule has 3 amide bonds. The first-order chi connectivity index (χ1) is 10.7. The van der Waals surface area contributed by atoms with Crippen LogP contribution in [0.3, 0.4) is 0 Å². The molecule has 6 nitrogen and oxygen atoms in total. The van der Waals surface area contributed by atoms with Crippen LogP contribution in [0.25, 0.3) is 0 Å². The van der Waals surface area contributed by atoms with Crippen molar-refractivity contribution in [2.24, 2.45) is 5.41 Å². The van der Waals surface area contributed by atoms with Crippen LogP contribution in [0.15, 0.2) is 0 Å².